The molecule has 1 aliphatic rings. The Morgan fingerprint density at radius 1 is 1.00 bits per heavy atom. The number of benzene rings is 2. The van der Waals surface area contributed by atoms with E-state index in [4.69, 9.17) is 5.73 Å². The molecule has 1 heterocycles. The van der Waals surface area contributed by atoms with Crippen LogP contribution in [0.4, 0.5) is 26.3 Å². The molecule has 174 valence electrons. The Hall–Kier alpha value is -3.50. The molecule has 4 rings (SSSR count). The molecule has 1 saturated carbocycles. The van der Waals surface area contributed by atoms with Gasteiger partial charge in [0.25, 0.3) is 5.91 Å². The molecule has 1 atom stereocenters. The molecule has 1 fully saturated rings. The average molecular weight is 469 g/mol. The summed E-state index contributed by atoms with van der Waals surface area (Å²) in [5.74, 6) is -1.80. The maximum Gasteiger partial charge on any atom is 0.416 e. The topological polar surface area (TPSA) is 77.1 Å². The van der Waals surface area contributed by atoms with Crippen LogP contribution in [0.25, 0.3) is 10.9 Å². The van der Waals surface area contributed by atoms with Crippen molar-refractivity contribution in [2.45, 2.75) is 37.3 Å². The quantitative estimate of drug-likeness (QED) is 0.509. The molecule has 0 aliphatic heterocycles. The number of rotatable bonds is 5. The average Bonchev–Trinajstić information content (AvgIpc) is 3.49. The lowest BCUT2D eigenvalue weighted by molar-refractivity contribution is -0.156. The second-order valence-corrected chi connectivity index (χ2v) is 7.84. The molecule has 0 spiro atoms. The molecule has 11 heteroatoms. The Kier molecular flexibility index (Phi) is 5.38. The van der Waals surface area contributed by atoms with Gasteiger partial charge in [-0.3, -0.25) is 9.59 Å². The summed E-state index contributed by atoms with van der Waals surface area (Å²) >= 11 is 0. The number of amides is 2. The van der Waals surface area contributed by atoms with Crippen molar-refractivity contribution < 1.29 is 35.9 Å². The molecular weight excluding hydrogens is 452 g/mol. The summed E-state index contributed by atoms with van der Waals surface area (Å²) in [5.41, 5.74) is 3.89. The van der Waals surface area contributed by atoms with Crippen molar-refractivity contribution in [3.8, 4) is 0 Å². The minimum Gasteiger partial charge on any atom is -0.366 e. The molecule has 1 unspecified atom stereocenters. The van der Waals surface area contributed by atoms with Crippen LogP contribution in [0.1, 0.15) is 56.9 Å². The molecule has 5 nitrogen and oxygen atoms in total. The van der Waals surface area contributed by atoms with Crippen molar-refractivity contribution in [1.82, 2.24) is 9.88 Å². The zero-order valence-corrected chi connectivity index (χ0v) is 16.8. The van der Waals surface area contributed by atoms with Crippen LogP contribution in [0.2, 0.25) is 0 Å². The van der Waals surface area contributed by atoms with Crippen LogP contribution in [0, 0.1) is 0 Å². The van der Waals surface area contributed by atoms with Gasteiger partial charge in [0.15, 0.2) is 6.04 Å². The molecule has 0 radical (unpaired) electrons. The van der Waals surface area contributed by atoms with Crippen LogP contribution in [0.15, 0.2) is 48.5 Å². The Morgan fingerprint density at radius 2 is 1.70 bits per heavy atom. The number of hydrogen-bond acceptors (Lipinski definition) is 2. The highest BCUT2D eigenvalue weighted by molar-refractivity contribution is 6.02. The van der Waals surface area contributed by atoms with Crippen molar-refractivity contribution in [3.63, 3.8) is 0 Å². The van der Waals surface area contributed by atoms with Crippen molar-refractivity contribution in [1.29, 1.82) is 0 Å². The Bertz CT molecular complexity index is 1240. The molecule has 2 aromatic carbocycles. The van der Waals surface area contributed by atoms with Gasteiger partial charge in [-0.05, 0) is 54.8 Å². The first kappa shape index (κ1) is 22.7. The number of nitrogens with one attached hydrogen (secondary N) is 1. The second kappa shape index (κ2) is 7.82. The van der Waals surface area contributed by atoms with E-state index in [2.05, 4.69) is 0 Å². The number of nitrogens with zero attached hydrogens (tertiary/aromatic N) is 1. The van der Waals surface area contributed by atoms with Crippen LogP contribution >= 0.6 is 0 Å². The molecule has 1 aromatic heterocycles. The van der Waals surface area contributed by atoms with Crippen molar-refractivity contribution in [2.75, 3.05) is 0 Å². The lowest BCUT2D eigenvalue weighted by atomic mass is 10.0. The highest BCUT2D eigenvalue weighted by atomic mass is 19.4. The zero-order valence-electron chi connectivity index (χ0n) is 16.8. The molecule has 0 saturated heterocycles. The maximum atomic E-state index is 13.8. The molecular formula is C22H17F6N3O2. The zero-order chi connectivity index (χ0) is 24.1. The molecule has 1 aliphatic carbocycles. The van der Waals surface area contributed by atoms with Gasteiger partial charge >= 0.3 is 12.4 Å². The van der Waals surface area contributed by atoms with Crippen LogP contribution < -0.4 is 11.1 Å². The normalized spacial score (nSPS) is 15.5. The number of hydrogen-bond donors (Lipinski definition) is 2. The van der Waals surface area contributed by atoms with E-state index in [0.717, 1.165) is 12.1 Å². The highest BCUT2D eigenvalue weighted by Gasteiger charge is 2.43. The van der Waals surface area contributed by atoms with Crippen molar-refractivity contribution in [3.05, 3.63) is 70.9 Å². The molecule has 3 N–H and O–H groups in total. The van der Waals surface area contributed by atoms with Gasteiger partial charge in [0.2, 0.25) is 5.91 Å². The van der Waals surface area contributed by atoms with Crippen LogP contribution in [0.3, 0.4) is 0 Å². The molecule has 3 aromatic rings. The highest BCUT2D eigenvalue weighted by Crippen LogP contribution is 2.41. The van der Waals surface area contributed by atoms with Gasteiger partial charge in [-0.15, -0.1) is 0 Å². The molecule has 33 heavy (non-hydrogen) atoms. The first-order valence-corrected chi connectivity index (χ1v) is 9.86. The minimum absolute atomic E-state index is 0.0876. The number of nitrogens with two attached hydrogens (primary N) is 1. The number of alkyl halides is 6. The number of primary amides is 1. The van der Waals surface area contributed by atoms with Crippen LogP contribution in [0.5, 0.6) is 0 Å². The van der Waals surface area contributed by atoms with Crippen molar-refractivity contribution >= 4 is 22.7 Å². The third-order valence-electron chi connectivity index (χ3n) is 5.42. The van der Waals surface area contributed by atoms with E-state index in [1.165, 1.54) is 18.2 Å². The summed E-state index contributed by atoms with van der Waals surface area (Å²) in [5, 5.41) is 2.28. The second-order valence-electron chi connectivity index (χ2n) is 7.84. The SMILES string of the molecule is NC(=O)c1ccc2c(c1)cc(C(=O)NC(c1cccc(C(F)(F)F)c1)C(F)(F)F)n2C1CC1. The van der Waals surface area contributed by atoms with Gasteiger partial charge < -0.3 is 15.6 Å². The summed E-state index contributed by atoms with van der Waals surface area (Å²) in [6, 6.07) is 5.77. The van der Waals surface area contributed by atoms with E-state index in [0.29, 0.717) is 35.9 Å². The standard InChI is InChI=1S/C22H17F6N3O2/c23-21(24,25)14-3-1-2-11(9-14)18(22(26,27)28)30-20(33)17-10-13-8-12(19(29)32)4-7-16(13)31(17)15-5-6-15/h1-4,7-10,15,18H,5-6H2,(H2,29,32)(H,30,33). The smallest absolute Gasteiger partial charge is 0.366 e. The van der Waals surface area contributed by atoms with Crippen molar-refractivity contribution in [2.24, 2.45) is 5.73 Å². The number of aromatic nitrogens is 1. The van der Waals surface area contributed by atoms with E-state index >= 15 is 0 Å². The monoisotopic (exact) mass is 469 g/mol. The fraction of sp³-hybridized carbons (Fsp3) is 0.273. The van der Waals surface area contributed by atoms with E-state index in [9.17, 15) is 35.9 Å². The molecule has 2 amide bonds. The summed E-state index contributed by atoms with van der Waals surface area (Å²) in [7, 11) is 0. The number of halogens is 6. The third-order valence-corrected chi connectivity index (χ3v) is 5.42. The lowest BCUT2D eigenvalue weighted by Gasteiger charge is -2.23. The van der Waals surface area contributed by atoms with Gasteiger partial charge in [-0.2, -0.15) is 26.3 Å². The minimum atomic E-state index is -5.05. The predicted molar refractivity (Wildman–Crippen MR) is 106 cm³/mol. The Labute approximate surface area is 183 Å². The summed E-state index contributed by atoms with van der Waals surface area (Å²) in [6.07, 6.45) is -8.47. The van der Waals surface area contributed by atoms with E-state index in [1.807, 2.05) is 5.32 Å². The van der Waals surface area contributed by atoms with Crippen LogP contribution in [-0.2, 0) is 6.18 Å². The summed E-state index contributed by atoms with van der Waals surface area (Å²) in [4.78, 5) is 24.4. The Morgan fingerprint density at radius 3 is 2.27 bits per heavy atom. The lowest BCUT2D eigenvalue weighted by Crippen LogP contribution is -2.39. The van der Waals surface area contributed by atoms with Gasteiger partial charge in [-0.1, -0.05) is 12.1 Å². The van der Waals surface area contributed by atoms with Gasteiger partial charge in [-0.25, -0.2) is 0 Å². The predicted octanol–water partition coefficient (Wildman–Crippen LogP) is 5.13. The third kappa shape index (κ3) is 4.53. The Balaban J connectivity index is 1.74. The van der Waals surface area contributed by atoms with Gasteiger partial charge in [0.05, 0.1) is 5.56 Å². The fourth-order valence-electron chi connectivity index (χ4n) is 3.74. The van der Waals surface area contributed by atoms with E-state index in [1.54, 1.807) is 10.6 Å². The first-order valence-electron chi connectivity index (χ1n) is 9.86. The van der Waals surface area contributed by atoms with Gasteiger partial charge in [0.1, 0.15) is 5.69 Å². The summed E-state index contributed by atoms with van der Waals surface area (Å²) < 4.78 is 81.9. The van der Waals surface area contributed by atoms with Gasteiger partial charge in [0, 0.05) is 22.5 Å². The number of carbonyl (C=O) groups excluding carboxylic acids is 2. The number of fused-ring (bicyclic) bond motifs is 1. The van der Waals surface area contributed by atoms with Crippen LogP contribution in [-0.4, -0.2) is 22.6 Å². The number of carbonyl (C=O) groups is 2. The molecule has 0 bridgehead atoms. The van der Waals surface area contributed by atoms with E-state index < -0.39 is 41.3 Å². The first-order chi connectivity index (χ1) is 15.4. The fourth-order valence-corrected chi connectivity index (χ4v) is 3.74. The largest absolute Gasteiger partial charge is 0.416 e. The summed E-state index contributed by atoms with van der Waals surface area (Å²) in [6.45, 7) is 0. The van der Waals surface area contributed by atoms with E-state index in [-0.39, 0.29) is 17.3 Å². The maximum absolute atomic E-state index is 13.8.